The van der Waals surface area contributed by atoms with E-state index in [4.69, 9.17) is 10.8 Å². The van der Waals surface area contributed by atoms with Gasteiger partial charge in [0.05, 0.1) is 11.4 Å². The monoisotopic (exact) mass is 260 g/mol. The minimum Gasteiger partial charge on any atom is -0.477 e. The van der Waals surface area contributed by atoms with Crippen molar-refractivity contribution in [1.29, 1.82) is 0 Å². The summed E-state index contributed by atoms with van der Waals surface area (Å²) in [6.07, 6.45) is 0.857. The van der Waals surface area contributed by atoms with E-state index in [9.17, 15) is 4.79 Å². The summed E-state index contributed by atoms with van der Waals surface area (Å²) in [7, 11) is 0. The zero-order valence-electron chi connectivity index (χ0n) is 11.1. The number of nitrogens with two attached hydrogens (primary N) is 1. The van der Waals surface area contributed by atoms with Crippen LogP contribution < -0.4 is 5.73 Å². The lowest BCUT2D eigenvalue weighted by molar-refractivity contribution is 0.0690. The maximum absolute atomic E-state index is 11.0. The molecule has 0 aliphatic carbocycles. The fraction of sp³-hybridized carbons (Fsp3) is 0.308. The Morgan fingerprint density at radius 1 is 1.42 bits per heavy atom. The molecule has 0 spiro atoms. The van der Waals surface area contributed by atoms with Crippen LogP contribution in [0.2, 0.25) is 0 Å². The number of rotatable bonds is 3. The number of hydrogen-bond donors (Lipinski definition) is 2. The van der Waals surface area contributed by atoms with Crippen molar-refractivity contribution in [2.45, 2.75) is 27.2 Å². The number of carboxylic acid groups (broad SMARTS) is 1. The van der Waals surface area contributed by atoms with Crippen LogP contribution in [0.1, 0.15) is 34.4 Å². The van der Waals surface area contributed by atoms with E-state index in [0.717, 1.165) is 23.4 Å². The highest BCUT2D eigenvalue weighted by Crippen LogP contribution is 2.21. The Morgan fingerprint density at radius 2 is 2.11 bits per heavy atom. The maximum atomic E-state index is 11.0. The summed E-state index contributed by atoms with van der Waals surface area (Å²) in [4.78, 5) is 15.0. The first kappa shape index (κ1) is 13.1. The molecule has 0 unspecified atom stereocenters. The number of carboxylic acids is 1. The smallest absolute Gasteiger partial charge is 0.354 e. The molecular weight excluding hydrogens is 244 g/mol. The molecule has 0 aliphatic rings. The van der Waals surface area contributed by atoms with E-state index in [2.05, 4.69) is 10.1 Å². The number of aromatic carboxylic acids is 1. The second-order valence-corrected chi connectivity index (χ2v) is 4.33. The van der Waals surface area contributed by atoms with Gasteiger partial charge in [0.25, 0.3) is 0 Å². The lowest BCUT2D eigenvalue weighted by Gasteiger charge is -2.08. The molecule has 0 bridgehead atoms. The molecule has 0 atom stereocenters. The summed E-state index contributed by atoms with van der Waals surface area (Å²) in [6, 6.07) is 2.92. The van der Waals surface area contributed by atoms with Crippen molar-refractivity contribution in [3.8, 4) is 5.82 Å². The summed E-state index contributed by atoms with van der Waals surface area (Å²) < 4.78 is 1.61. The second-order valence-electron chi connectivity index (χ2n) is 4.33. The van der Waals surface area contributed by atoms with Crippen LogP contribution in [-0.2, 0) is 6.42 Å². The largest absolute Gasteiger partial charge is 0.477 e. The van der Waals surface area contributed by atoms with Gasteiger partial charge < -0.3 is 10.8 Å². The first-order valence-corrected chi connectivity index (χ1v) is 6.01. The maximum Gasteiger partial charge on any atom is 0.354 e. The van der Waals surface area contributed by atoms with Crippen LogP contribution in [0.25, 0.3) is 5.82 Å². The molecule has 0 radical (unpaired) electrons. The number of anilines is 1. The van der Waals surface area contributed by atoms with Gasteiger partial charge in [0, 0.05) is 5.69 Å². The summed E-state index contributed by atoms with van der Waals surface area (Å²) in [5.41, 5.74) is 9.19. The average Bonchev–Trinajstić information content (AvgIpc) is 2.64. The van der Waals surface area contributed by atoms with E-state index in [-0.39, 0.29) is 5.69 Å². The number of carbonyl (C=O) groups is 1. The Labute approximate surface area is 110 Å². The Morgan fingerprint density at radius 3 is 2.63 bits per heavy atom. The highest BCUT2D eigenvalue weighted by atomic mass is 16.4. The van der Waals surface area contributed by atoms with Gasteiger partial charge in [-0.2, -0.15) is 5.10 Å². The lowest BCUT2D eigenvalue weighted by atomic mass is 10.1. The normalized spacial score (nSPS) is 10.7. The first-order chi connectivity index (χ1) is 8.95. The molecule has 2 aromatic heterocycles. The van der Waals surface area contributed by atoms with Crippen molar-refractivity contribution < 1.29 is 9.90 Å². The second kappa shape index (κ2) is 4.72. The van der Waals surface area contributed by atoms with Crippen LogP contribution >= 0.6 is 0 Å². The molecule has 2 rings (SSSR count). The van der Waals surface area contributed by atoms with Crippen molar-refractivity contribution in [3.63, 3.8) is 0 Å². The quantitative estimate of drug-likeness (QED) is 0.876. The molecule has 6 heteroatoms. The van der Waals surface area contributed by atoms with Gasteiger partial charge in [0.15, 0.2) is 11.5 Å². The molecule has 0 amide bonds. The van der Waals surface area contributed by atoms with E-state index in [1.807, 2.05) is 20.8 Å². The van der Waals surface area contributed by atoms with Crippen LogP contribution in [0.3, 0.4) is 0 Å². The van der Waals surface area contributed by atoms with Gasteiger partial charge in [-0.15, -0.1) is 0 Å². The summed E-state index contributed by atoms with van der Waals surface area (Å²) in [5.74, 6) is -0.723. The van der Waals surface area contributed by atoms with Crippen molar-refractivity contribution in [2.75, 3.05) is 5.73 Å². The van der Waals surface area contributed by atoms with Crippen LogP contribution in [0, 0.1) is 13.8 Å². The number of nitrogens with zero attached hydrogens (tertiary/aromatic N) is 3. The Bertz CT molecular complexity index is 646. The molecule has 0 aliphatic heterocycles. The number of hydrogen-bond acceptors (Lipinski definition) is 4. The van der Waals surface area contributed by atoms with E-state index in [0.29, 0.717) is 11.5 Å². The van der Waals surface area contributed by atoms with Crippen LogP contribution in [0.4, 0.5) is 5.69 Å². The average molecular weight is 260 g/mol. The predicted octanol–water partition coefficient (Wildman–Crippen LogP) is 1.73. The molecule has 2 heterocycles. The third-order valence-electron chi connectivity index (χ3n) is 3.12. The van der Waals surface area contributed by atoms with Crippen molar-refractivity contribution in [3.05, 3.63) is 34.8 Å². The minimum absolute atomic E-state index is 0.0465. The lowest BCUT2D eigenvalue weighted by Crippen LogP contribution is -2.10. The SMILES string of the molecule is CCc1c(C)nn(-c2nc(C(=O)O)ccc2N)c1C. The molecule has 100 valence electrons. The molecule has 19 heavy (non-hydrogen) atoms. The predicted molar refractivity (Wildman–Crippen MR) is 71.6 cm³/mol. The zero-order chi connectivity index (χ0) is 14.2. The summed E-state index contributed by atoms with van der Waals surface area (Å²) in [6.45, 7) is 5.89. The highest BCUT2D eigenvalue weighted by molar-refractivity contribution is 5.86. The van der Waals surface area contributed by atoms with E-state index < -0.39 is 5.97 Å². The van der Waals surface area contributed by atoms with E-state index in [1.165, 1.54) is 12.1 Å². The fourth-order valence-electron chi connectivity index (χ4n) is 2.14. The van der Waals surface area contributed by atoms with Gasteiger partial charge in [-0.05, 0) is 38.0 Å². The Balaban J connectivity index is 2.64. The van der Waals surface area contributed by atoms with Gasteiger partial charge in [-0.3, -0.25) is 0 Å². The number of aryl methyl sites for hydroxylation is 1. The Hall–Kier alpha value is -2.37. The van der Waals surface area contributed by atoms with E-state index in [1.54, 1.807) is 4.68 Å². The molecule has 0 aromatic carbocycles. The molecule has 0 saturated heterocycles. The number of pyridine rings is 1. The fourth-order valence-corrected chi connectivity index (χ4v) is 2.14. The standard InChI is InChI=1S/C13H16N4O2/c1-4-9-7(2)16-17(8(9)3)12-10(14)5-6-11(15-12)13(18)19/h5-6H,4,14H2,1-3H3,(H,18,19). The van der Waals surface area contributed by atoms with Gasteiger partial charge in [-0.25, -0.2) is 14.5 Å². The van der Waals surface area contributed by atoms with Crippen LogP contribution in [0.15, 0.2) is 12.1 Å². The Kier molecular flexibility index (Phi) is 3.25. The third-order valence-corrected chi connectivity index (χ3v) is 3.12. The number of nitrogen functional groups attached to an aromatic ring is 1. The highest BCUT2D eigenvalue weighted by Gasteiger charge is 2.16. The molecule has 2 aromatic rings. The molecular formula is C13H16N4O2. The molecule has 0 fully saturated rings. The molecule has 3 N–H and O–H groups in total. The topological polar surface area (TPSA) is 94.0 Å². The van der Waals surface area contributed by atoms with Crippen LogP contribution in [-0.4, -0.2) is 25.8 Å². The van der Waals surface area contributed by atoms with Gasteiger partial charge in [-0.1, -0.05) is 6.92 Å². The van der Waals surface area contributed by atoms with Gasteiger partial charge >= 0.3 is 5.97 Å². The zero-order valence-corrected chi connectivity index (χ0v) is 11.1. The molecule has 6 nitrogen and oxygen atoms in total. The van der Waals surface area contributed by atoms with Gasteiger partial charge in [0.2, 0.25) is 0 Å². The molecule has 0 saturated carbocycles. The van der Waals surface area contributed by atoms with Gasteiger partial charge in [0.1, 0.15) is 0 Å². The minimum atomic E-state index is -1.08. The van der Waals surface area contributed by atoms with Crippen molar-refractivity contribution in [2.24, 2.45) is 0 Å². The first-order valence-electron chi connectivity index (χ1n) is 6.01. The summed E-state index contributed by atoms with van der Waals surface area (Å²) in [5, 5.41) is 13.4. The van der Waals surface area contributed by atoms with Crippen molar-refractivity contribution >= 4 is 11.7 Å². The third kappa shape index (κ3) is 2.16. The van der Waals surface area contributed by atoms with E-state index >= 15 is 0 Å². The summed E-state index contributed by atoms with van der Waals surface area (Å²) >= 11 is 0. The number of aromatic nitrogens is 3. The van der Waals surface area contributed by atoms with Crippen LogP contribution in [0.5, 0.6) is 0 Å². The van der Waals surface area contributed by atoms with Crippen molar-refractivity contribution in [1.82, 2.24) is 14.8 Å².